The van der Waals surface area contributed by atoms with Gasteiger partial charge in [0, 0.05) is 25.2 Å². The second-order valence-electron chi connectivity index (χ2n) is 4.71. The number of likely N-dealkylation sites (tertiary alicyclic amines) is 1. The molecule has 0 radical (unpaired) electrons. The highest BCUT2D eigenvalue weighted by Gasteiger charge is 2.27. The quantitative estimate of drug-likeness (QED) is 0.700. The van der Waals surface area contributed by atoms with E-state index >= 15 is 0 Å². The van der Waals surface area contributed by atoms with Gasteiger partial charge in [0.2, 0.25) is 5.91 Å². The van der Waals surface area contributed by atoms with Gasteiger partial charge >= 0.3 is 0 Å². The normalized spacial score (nSPS) is 29.1. The lowest BCUT2D eigenvalue weighted by atomic mass is 10.1. The van der Waals surface area contributed by atoms with E-state index in [0.29, 0.717) is 12.5 Å². The smallest absolute Gasteiger partial charge is 0.234 e. The molecule has 1 saturated heterocycles. The number of nitrogens with two attached hydrogens (primary N) is 1. The summed E-state index contributed by atoms with van der Waals surface area (Å²) in [5, 5.41) is 2.96. The third-order valence-electron chi connectivity index (χ3n) is 3.13. The monoisotopic (exact) mass is 213 g/mol. The summed E-state index contributed by atoms with van der Waals surface area (Å²) in [7, 11) is 0. The van der Waals surface area contributed by atoms with Gasteiger partial charge in [-0.25, -0.2) is 0 Å². The minimum absolute atomic E-state index is 0.116. The van der Waals surface area contributed by atoms with E-state index in [0.717, 1.165) is 19.5 Å². The molecule has 1 rings (SSSR count). The molecule has 0 aromatic rings. The number of carbonyl (C=O) groups is 1. The predicted molar refractivity (Wildman–Crippen MR) is 61.5 cm³/mol. The zero-order valence-corrected chi connectivity index (χ0v) is 9.99. The fourth-order valence-electron chi connectivity index (χ4n) is 1.85. The van der Waals surface area contributed by atoms with Gasteiger partial charge in [0.1, 0.15) is 0 Å². The maximum absolute atomic E-state index is 11.6. The molecule has 0 aliphatic carbocycles. The molecular formula is C11H23N3O. The van der Waals surface area contributed by atoms with Gasteiger partial charge in [0.15, 0.2) is 0 Å². The lowest BCUT2D eigenvalue weighted by Gasteiger charge is -2.17. The van der Waals surface area contributed by atoms with Crippen molar-refractivity contribution in [3.63, 3.8) is 0 Å². The largest absolute Gasteiger partial charge is 0.353 e. The van der Waals surface area contributed by atoms with Gasteiger partial charge < -0.3 is 11.1 Å². The van der Waals surface area contributed by atoms with E-state index < -0.39 is 0 Å². The SMILES string of the molecule is CCC(C)NC(=O)CN1CC(C)C(N)C1. The number of nitrogens with one attached hydrogen (secondary N) is 1. The number of amides is 1. The van der Waals surface area contributed by atoms with Crippen molar-refractivity contribution in [3.05, 3.63) is 0 Å². The molecule has 1 aliphatic rings. The standard InChI is InChI=1S/C11H23N3O/c1-4-9(3)13-11(15)7-14-5-8(2)10(12)6-14/h8-10H,4-7,12H2,1-3H3,(H,13,15). The van der Waals surface area contributed by atoms with Crippen LogP contribution < -0.4 is 11.1 Å². The topological polar surface area (TPSA) is 58.4 Å². The first-order valence-electron chi connectivity index (χ1n) is 5.80. The van der Waals surface area contributed by atoms with Crippen LogP contribution >= 0.6 is 0 Å². The molecule has 3 atom stereocenters. The fourth-order valence-corrected chi connectivity index (χ4v) is 1.85. The molecule has 4 nitrogen and oxygen atoms in total. The van der Waals surface area contributed by atoms with Gasteiger partial charge in [-0.05, 0) is 19.3 Å². The molecule has 0 spiro atoms. The van der Waals surface area contributed by atoms with Gasteiger partial charge in [-0.2, -0.15) is 0 Å². The Balaban J connectivity index is 2.27. The number of hydrogen-bond acceptors (Lipinski definition) is 3. The van der Waals surface area contributed by atoms with E-state index in [9.17, 15) is 4.79 Å². The first-order valence-corrected chi connectivity index (χ1v) is 5.80. The van der Waals surface area contributed by atoms with Crippen LogP contribution in [0.4, 0.5) is 0 Å². The zero-order chi connectivity index (χ0) is 11.4. The molecule has 0 bridgehead atoms. The average Bonchev–Trinajstić information content (AvgIpc) is 2.45. The van der Waals surface area contributed by atoms with Crippen LogP contribution in [0.2, 0.25) is 0 Å². The van der Waals surface area contributed by atoms with Crippen molar-refractivity contribution in [2.45, 2.75) is 39.3 Å². The summed E-state index contributed by atoms with van der Waals surface area (Å²) in [5.41, 5.74) is 5.90. The summed E-state index contributed by atoms with van der Waals surface area (Å²) in [6.45, 7) is 8.50. The van der Waals surface area contributed by atoms with Gasteiger partial charge in [0.25, 0.3) is 0 Å². The number of carbonyl (C=O) groups excluding carboxylic acids is 1. The Labute approximate surface area is 92.2 Å². The molecule has 0 saturated carbocycles. The summed E-state index contributed by atoms with van der Waals surface area (Å²) >= 11 is 0. The first-order chi connectivity index (χ1) is 7.02. The van der Waals surface area contributed by atoms with Crippen LogP contribution in [0.3, 0.4) is 0 Å². The predicted octanol–water partition coefficient (Wildman–Crippen LogP) is 0.180. The molecule has 1 aliphatic heterocycles. The summed E-state index contributed by atoms with van der Waals surface area (Å²) in [4.78, 5) is 13.7. The fraction of sp³-hybridized carbons (Fsp3) is 0.909. The van der Waals surface area contributed by atoms with Gasteiger partial charge in [-0.1, -0.05) is 13.8 Å². The molecule has 0 aromatic heterocycles. The summed E-state index contributed by atoms with van der Waals surface area (Å²) in [5.74, 6) is 0.618. The molecule has 3 N–H and O–H groups in total. The van der Waals surface area contributed by atoms with Crippen LogP contribution in [-0.2, 0) is 4.79 Å². The number of nitrogens with zero attached hydrogens (tertiary/aromatic N) is 1. The summed E-state index contributed by atoms with van der Waals surface area (Å²) in [6, 6.07) is 0.493. The first kappa shape index (κ1) is 12.5. The Kier molecular flexibility index (Phi) is 4.54. The van der Waals surface area contributed by atoms with Crippen LogP contribution in [0.15, 0.2) is 0 Å². The van der Waals surface area contributed by atoms with Crippen molar-refractivity contribution < 1.29 is 4.79 Å². The van der Waals surface area contributed by atoms with Gasteiger partial charge in [-0.15, -0.1) is 0 Å². The minimum atomic E-state index is 0.116. The van der Waals surface area contributed by atoms with E-state index in [4.69, 9.17) is 5.73 Å². The van der Waals surface area contributed by atoms with Crippen molar-refractivity contribution in [2.24, 2.45) is 11.7 Å². The molecule has 4 heteroatoms. The Morgan fingerprint density at radius 1 is 1.60 bits per heavy atom. The van der Waals surface area contributed by atoms with E-state index in [2.05, 4.69) is 24.1 Å². The second kappa shape index (κ2) is 5.47. The molecule has 1 heterocycles. The Morgan fingerprint density at radius 3 is 2.73 bits per heavy atom. The van der Waals surface area contributed by atoms with Gasteiger partial charge in [-0.3, -0.25) is 9.69 Å². The Bertz CT molecular complexity index is 210. The second-order valence-corrected chi connectivity index (χ2v) is 4.71. The maximum Gasteiger partial charge on any atom is 0.234 e. The highest BCUT2D eigenvalue weighted by molar-refractivity contribution is 5.78. The number of rotatable bonds is 4. The molecule has 15 heavy (non-hydrogen) atoms. The van der Waals surface area contributed by atoms with Crippen LogP contribution in [0.5, 0.6) is 0 Å². The molecule has 88 valence electrons. The van der Waals surface area contributed by atoms with Crippen LogP contribution in [0, 0.1) is 5.92 Å². The third-order valence-corrected chi connectivity index (χ3v) is 3.13. The van der Waals surface area contributed by atoms with Crippen molar-refractivity contribution >= 4 is 5.91 Å². The maximum atomic E-state index is 11.6. The summed E-state index contributed by atoms with van der Waals surface area (Å²) < 4.78 is 0. The van der Waals surface area contributed by atoms with Crippen LogP contribution in [0.1, 0.15) is 27.2 Å². The van der Waals surface area contributed by atoms with E-state index in [1.807, 2.05) is 6.92 Å². The lowest BCUT2D eigenvalue weighted by molar-refractivity contribution is -0.122. The minimum Gasteiger partial charge on any atom is -0.353 e. The Hall–Kier alpha value is -0.610. The zero-order valence-electron chi connectivity index (χ0n) is 9.99. The van der Waals surface area contributed by atoms with E-state index in [1.54, 1.807) is 0 Å². The Morgan fingerprint density at radius 2 is 2.27 bits per heavy atom. The average molecular weight is 213 g/mol. The molecule has 3 unspecified atom stereocenters. The van der Waals surface area contributed by atoms with E-state index in [1.165, 1.54) is 0 Å². The molecule has 0 aromatic carbocycles. The highest BCUT2D eigenvalue weighted by Crippen LogP contribution is 2.13. The van der Waals surface area contributed by atoms with Gasteiger partial charge in [0.05, 0.1) is 6.54 Å². The van der Waals surface area contributed by atoms with Crippen LogP contribution in [-0.4, -0.2) is 42.5 Å². The van der Waals surface area contributed by atoms with Crippen molar-refractivity contribution in [1.82, 2.24) is 10.2 Å². The van der Waals surface area contributed by atoms with Crippen molar-refractivity contribution in [1.29, 1.82) is 0 Å². The number of hydrogen-bond donors (Lipinski definition) is 2. The van der Waals surface area contributed by atoms with E-state index in [-0.39, 0.29) is 18.0 Å². The van der Waals surface area contributed by atoms with Crippen molar-refractivity contribution in [2.75, 3.05) is 19.6 Å². The molecule has 1 amide bonds. The third kappa shape index (κ3) is 3.80. The molecular weight excluding hydrogens is 190 g/mol. The lowest BCUT2D eigenvalue weighted by Crippen LogP contribution is -2.40. The van der Waals surface area contributed by atoms with Crippen molar-refractivity contribution in [3.8, 4) is 0 Å². The molecule has 1 fully saturated rings. The van der Waals surface area contributed by atoms with Crippen LogP contribution in [0.25, 0.3) is 0 Å². The summed E-state index contributed by atoms with van der Waals surface area (Å²) in [6.07, 6.45) is 0.974. The highest BCUT2D eigenvalue weighted by atomic mass is 16.2.